The summed E-state index contributed by atoms with van der Waals surface area (Å²) >= 11 is 0. The van der Waals surface area contributed by atoms with E-state index < -0.39 is 0 Å². The summed E-state index contributed by atoms with van der Waals surface area (Å²) in [6, 6.07) is 2.69. The molecular weight excluding hydrogens is 216 g/mol. The number of aromatic amines is 1. The molecule has 0 radical (unpaired) electrons. The third kappa shape index (κ3) is 2.15. The van der Waals surface area contributed by atoms with Crippen LogP contribution in [0.3, 0.4) is 0 Å². The van der Waals surface area contributed by atoms with Crippen LogP contribution in [-0.2, 0) is 0 Å². The zero-order valence-electron chi connectivity index (χ0n) is 9.78. The van der Waals surface area contributed by atoms with Crippen LogP contribution in [0.15, 0.2) is 18.5 Å². The van der Waals surface area contributed by atoms with Crippen molar-refractivity contribution in [2.45, 2.75) is 24.9 Å². The summed E-state index contributed by atoms with van der Waals surface area (Å²) in [5.74, 6) is 0. The van der Waals surface area contributed by atoms with Crippen LogP contribution in [0.25, 0.3) is 0 Å². The summed E-state index contributed by atoms with van der Waals surface area (Å²) in [4.78, 5) is 16.8. The first kappa shape index (κ1) is 10.7. The van der Waals surface area contributed by atoms with E-state index in [-0.39, 0.29) is 12.1 Å². The molecule has 2 aliphatic rings. The lowest BCUT2D eigenvalue weighted by Crippen LogP contribution is -2.39. The van der Waals surface area contributed by atoms with Crippen molar-refractivity contribution >= 4 is 6.03 Å². The number of carbonyl (C=O) groups is 1. The van der Waals surface area contributed by atoms with Gasteiger partial charge in [0.15, 0.2) is 0 Å². The molecular formula is C12H18N4O. The van der Waals surface area contributed by atoms with Gasteiger partial charge in [0.25, 0.3) is 0 Å². The maximum atomic E-state index is 11.8. The number of nitrogens with zero attached hydrogens (tertiary/aromatic N) is 1. The smallest absolute Gasteiger partial charge is 0.318 e. The van der Waals surface area contributed by atoms with Gasteiger partial charge < -0.3 is 20.5 Å². The van der Waals surface area contributed by atoms with Gasteiger partial charge in [-0.25, -0.2) is 4.79 Å². The molecule has 2 aliphatic heterocycles. The van der Waals surface area contributed by atoms with Crippen molar-refractivity contribution in [2.24, 2.45) is 0 Å². The molecule has 5 heteroatoms. The van der Waals surface area contributed by atoms with Crippen LogP contribution < -0.4 is 10.6 Å². The summed E-state index contributed by atoms with van der Waals surface area (Å²) in [6.45, 7) is 2.68. The zero-order valence-corrected chi connectivity index (χ0v) is 9.78. The largest absolute Gasteiger partial charge is 0.367 e. The Hall–Kier alpha value is -1.49. The second-order valence-corrected chi connectivity index (χ2v) is 4.84. The van der Waals surface area contributed by atoms with Crippen molar-refractivity contribution in [1.82, 2.24) is 20.5 Å². The number of carbonyl (C=O) groups excluding carboxylic acids is 1. The normalized spacial score (nSPS) is 28.7. The summed E-state index contributed by atoms with van der Waals surface area (Å²) < 4.78 is 0. The highest BCUT2D eigenvalue weighted by Crippen LogP contribution is 2.20. The van der Waals surface area contributed by atoms with Crippen molar-refractivity contribution in [3.05, 3.63) is 24.0 Å². The number of urea groups is 1. The van der Waals surface area contributed by atoms with E-state index in [1.54, 1.807) is 0 Å². The molecule has 5 nitrogen and oxygen atoms in total. The van der Waals surface area contributed by atoms with Crippen molar-refractivity contribution in [2.75, 3.05) is 19.6 Å². The standard InChI is InChI=1S/C12H18N4O/c17-12-15-11(9-3-5-13-6-9)8-16(12)7-10-2-1-4-14-10/h3,5-6,10-11,13-14H,1-2,4,7-8H2,(H,15,17). The number of rotatable bonds is 3. The van der Waals surface area contributed by atoms with Crippen molar-refractivity contribution in [3.8, 4) is 0 Å². The van der Waals surface area contributed by atoms with Crippen LogP contribution >= 0.6 is 0 Å². The molecule has 3 heterocycles. The minimum Gasteiger partial charge on any atom is -0.367 e. The van der Waals surface area contributed by atoms with Gasteiger partial charge in [0.05, 0.1) is 6.04 Å². The van der Waals surface area contributed by atoms with Gasteiger partial charge in [-0.15, -0.1) is 0 Å². The predicted octanol–water partition coefficient (Wildman–Crippen LogP) is 0.833. The highest BCUT2D eigenvalue weighted by Gasteiger charge is 2.31. The molecule has 2 amide bonds. The Labute approximate surface area is 101 Å². The van der Waals surface area contributed by atoms with Crippen LogP contribution in [0, 0.1) is 0 Å². The van der Waals surface area contributed by atoms with Gasteiger partial charge >= 0.3 is 6.03 Å². The van der Waals surface area contributed by atoms with Crippen LogP contribution in [0.2, 0.25) is 0 Å². The number of H-pyrrole nitrogens is 1. The minimum atomic E-state index is 0.0601. The maximum absolute atomic E-state index is 11.8. The Balaban J connectivity index is 1.61. The van der Waals surface area contributed by atoms with Crippen molar-refractivity contribution in [1.29, 1.82) is 0 Å². The Morgan fingerprint density at radius 3 is 3.12 bits per heavy atom. The molecule has 92 valence electrons. The second kappa shape index (κ2) is 4.41. The monoisotopic (exact) mass is 234 g/mol. The first-order valence-corrected chi connectivity index (χ1v) is 6.24. The van der Waals surface area contributed by atoms with Crippen LogP contribution in [0.1, 0.15) is 24.4 Å². The predicted molar refractivity (Wildman–Crippen MR) is 64.7 cm³/mol. The fourth-order valence-corrected chi connectivity index (χ4v) is 2.67. The molecule has 3 N–H and O–H groups in total. The van der Waals surface area contributed by atoms with E-state index >= 15 is 0 Å². The molecule has 2 fully saturated rings. The Bertz CT molecular complexity index is 383. The van der Waals surface area contributed by atoms with E-state index in [0.717, 1.165) is 25.2 Å². The molecule has 1 aromatic rings. The quantitative estimate of drug-likeness (QED) is 0.725. The van der Waals surface area contributed by atoms with E-state index in [1.165, 1.54) is 12.8 Å². The number of nitrogens with one attached hydrogen (secondary N) is 3. The van der Waals surface area contributed by atoms with E-state index in [2.05, 4.69) is 15.6 Å². The highest BCUT2D eigenvalue weighted by molar-refractivity contribution is 5.77. The Kier molecular flexibility index (Phi) is 2.76. The molecule has 0 spiro atoms. The lowest BCUT2D eigenvalue weighted by atomic mass is 10.1. The molecule has 2 atom stereocenters. The topological polar surface area (TPSA) is 60.2 Å². The molecule has 0 aromatic carbocycles. The number of hydrogen-bond donors (Lipinski definition) is 3. The molecule has 2 unspecified atom stereocenters. The molecule has 0 aliphatic carbocycles. The Morgan fingerprint density at radius 1 is 1.47 bits per heavy atom. The van der Waals surface area contributed by atoms with Crippen molar-refractivity contribution in [3.63, 3.8) is 0 Å². The van der Waals surface area contributed by atoms with Crippen molar-refractivity contribution < 1.29 is 4.79 Å². The zero-order chi connectivity index (χ0) is 11.7. The highest BCUT2D eigenvalue weighted by atomic mass is 16.2. The molecule has 3 rings (SSSR count). The summed E-state index contributed by atoms with van der Waals surface area (Å²) in [5.41, 5.74) is 1.15. The third-order valence-electron chi connectivity index (χ3n) is 3.62. The molecule has 2 saturated heterocycles. The fraction of sp³-hybridized carbons (Fsp3) is 0.583. The van der Waals surface area contributed by atoms with Gasteiger partial charge in [0.1, 0.15) is 0 Å². The van der Waals surface area contributed by atoms with E-state index in [4.69, 9.17) is 0 Å². The maximum Gasteiger partial charge on any atom is 0.318 e. The molecule has 1 aromatic heterocycles. The number of hydrogen-bond acceptors (Lipinski definition) is 2. The lowest BCUT2D eigenvalue weighted by molar-refractivity contribution is 0.213. The van der Waals surface area contributed by atoms with Gasteiger partial charge in [-0.1, -0.05) is 0 Å². The summed E-state index contributed by atoms with van der Waals surface area (Å²) in [6.07, 6.45) is 6.24. The second-order valence-electron chi connectivity index (χ2n) is 4.84. The van der Waals surface area contributed by atoms with Gasteiger partial charge in [-0.3, -0.25) is 0 Å². The van der Waals surface area contributed by atoms with Crippen LogP contribution in [0.5, 0.6) is 0 Å². The van der Waals surface area contributed by atoms with Gasteiger partial charge in [0, 0.05) is 31.5 Å². The number of aromatic nitrogens is 1. The van der Waals surface area contributed by atoms with E-state index in [1.807, 2.05) is 23.4 Å². The van der Waals surface area contributed by atoms with Gasteiger partial charge in [-0.2, -0.15) is 0 Å². The first-order valence-electron chi connectivity index (χ1n) is 6.24. The van der Waals surface area contributed by atoms with Crippen LogP contribution in [-0.4, -0.2) is 41.6 Å². The average Bonchev–Trinajstić information content (AvgIpc) is 3.02. The SMILES string of the molecule is O=C1NC(c2cc[nH]c2)CN1CC1CCCN1. The van der Waals surface area contributed by atoms with Gasteiger partial charge in [0.2, 0.25) is 0 Å². The molecule has 17 heavy (non-hydrogen) atoms. The van der Waals surface area contributed by atoms with E-state index in [0.29, 0.717) is 6.04 Å². The van der Waals surface area contributed by atoms with E-state index in [9.17, 15) is 4.79 Å². The number of amides is 2. The summed E-state index contributed by atoms with van der Waals surface area (Å²) in [7, 11) is 0. The lowest BCUT2D eigenvalue weighted by Gasteiger charge is -2.19. The average molecular weight is 234 g/mol. The first-order chi connectivity index (χ1) is 8.33. The minimum absolute atomic E-state index is 0.0601. The Morgan fingerprint density at radius 2 is 2.41 bits per heavy atom. The molecule has 0 bridgehead atoms. The van der Waals surface area contributed by atoms with Gasteiger partial charge in [-0.05, 0) is 31.0 Å². The van der Waals surface area contributed by atoms with Crippen LogP contribution in [0.4, 0.5) is 4.79 Å². The molecule has 0 saturated carbocycles. The third-order valence-corrected chi connectivity index (χ3v) is 3.62. The fourth-order valence-electron chi connectivity index (χ4n) is 2.67. The summed E-state index contributed by atoms with van der Waals surface area (Å²) in [5, 5.41) is 6.45.